The summed E-state index contributed by atoms with van der Waals surface area (Å²) in [4.78, 5) is 19.5. The van der Waals surface area contributed by atoms with Crippen molar-refractivity contribution in [2.24, 2.45) is 0 Å². The van der Waals surface area contributed by atoms with Crippen molar-refractivity contribution in [1.82, 2.24) is 4.98 Å². The van der Waals surface area contributed by atoms with Gasteiger partial charge in [0.2, 0.25) is 0 Å². The summed E-state index contributed by atoms with van der Waals surface area (Å²) < 4.78 is 10.3. The van der Waals surface area contributed by atoms with Crippen LogP contribution in [0.15, 0.2) is 52.9 Å². The van der Waals surface area contributed by atoms with E-state index in [0.29, 0.717) is 35.0 Å². The number of carbonyl (C=O) groups is 1. The van der Waals surface area contributed by atoms with Gasteiger partial charge in [-0.3, -0.25) is 5.41 Å². The molecule has 1 aliphatic heterocycles. The van der Waals surface area contributed by atoms with Crippen molar-refractivity contribution in [2.75, 3.05) is 31.3 Å². The quantitative estimate of drug-likeness (QED) is 0.373. The summed E-state index contributed by atoms with van der Waals surface area (Å²) >= 11 is 3.00. The second-order valence-corrected chi connectivity index (χ2v) is 8.46. The van der Waals surface area contributed by atoms with E-state index in [-0.39, 0.29) is 24.7 Å². The maximum atomic E-state index is 12.1. The standard InChI is InChI=1S/C22H21N3O4S2/c1-2-28-9-10-29-22(27)14-5-7-15(8-6-14)25-12-17(26)19(20(25)23)21-24-16(13-31-21)18-4-3-11-30-18/h3-8,11,13,23,26H,2,9-10,12H2,1H3. The molecule has 0 amide bonds. The maximum absolute atomic E-state index is 12.1. The largest absolute Gasteiger partial charge is 0.510 e. The van der Waals surface area contributed by atoms with Gasteiger partial charge in [0.05, 0.1) is 34.9 Å². The Kier molecular flexibility index (Phi) is 6.45. The van der Waals surface area contributed by atoms with Crippen molar-refractivity contribution in [1.29, 1.82) is 5.41 Å². The van der Waals surface area contributed by atoms with Crippen molar-refractivity contribution in [3.63, 3.8) is 0 Å². The van der Waals surface area contributed by atoms with Gasteiger partial charge in [-0.25, -0.2) is 9.78 Å². The average Bonchev–Trinajstić information content (AvgIpc) is 3.52. The minimum Gasteiger partial charge on any atom is -0.510 e. The van der Waals surface area contributed by atoms with Gasteiger partial charge < -0.3 is 19.5 Å². The molecule has 7 nitrogen and oxygen atoms in total. The van der Waals surface area contributed by atoms with Crippen LogP contribution < -0.4 is 4.90 Å². The normalized spacial score (nSPS) is 13.8. The molecular weight excluding hydrogens is 434 g/mol. The van der Waals surface area contributed by atoms with Crippen LogP contribution in [0.3, 0.4) is 0 Å². The highest BCUT2D eigenvalue weighted by Gasteiger charge is 2.31. The van der Waals surface area contributed by atoms with Crippen LogP contribution in [-0.4, -0.2) is 48.3 Å². The fourth-order valence-electron chi connectivity index (χ4n) is 3.15. The number of nitrogens with zero attached hydrogens (tertiary/aromatic N) is 2. The molecule has 2 N–H and O–H groups in total. The number of rotatable bonds is 8. The van der Waals surface area contributed by atoms with Gasteiger partial charge in [0, 0.05) is 17.7 Å². The Morgan fingerprint density at radius 2 is 2.03 bits per heavy atom. The van der Waals surface area contributed by atoms with E-state index in [1.54, 1.807) is 40.5 Å². The smallest absolute Gasteiger partial charge is 0.338 e. The lowest BCUT2D eigenvalue weighted by atomic mass is 10.2. The molecule has 0 unspecified atom stereocenters. The van der Waals surface area contributed by atoms with E-state index in [0.717, 1.165) is 10.6 Å². The number of aliphatic hydroxyl groups excluding tert-OH is 1. The molecule has 31 heavy (non-hydrogen) atoms. The molecule has 0 saturated carbocycles. The highest BCUT2D eigenvalue weighted by atomic mass is 32.1. The summed E-state index contributed by atoms with van der Waals surface area (Å²) in [6, 6.07) is 10.7. The van der Waals surface area contributed by atoms with Gasteiger partial charge in [-0.05, 0) is 42.6 Å². The Bertz CT molecular complexity index is 1100. The van der Waals surface area contributed by atoms with Gasteiger partial charge in [-0.15, -0.1) is 22.7 Å². The number of aliphatic hydroxyl groups is 1. The molecular formula is C22H21N3O4S2. The highest BCUT2D eigenvalue weighted by molar-refractivity contribution is 7.14. The van der Waals surface area contributed by atoms with Crippen LogP contribution in [0.5, 0.6) is 0 Å². The first-order chi connectivity index (χ1) is 15.1. The molecule has 3 heterocycles. The van der Waals surface area contributed by atoms with E-state index in [9.17, 15) is 9.90 Å². The number of benzene rings is 1. The SMILES string of the molecule is CCOCCOC(=O)c1ccc(N2CC(O)=C(c3nc(-c4cccs4)cs3)C2=N)cc1. The molecule has 3 aromatic rings. The number of hydrogen-bond donors (Lipinski definition) is 2. The Morgan fingerprint density at radius 1 is 1.23 bits per heavy atom. The molecule has 1 aliphatic rings. The Hall–Kier alpha value is -3.01. The van der Waals surface area contributed by atoms with Crippen molar-refractivity contribution in [3.05, 3.63) is 63.5 Å². The van der Waals surface area contributed by atoms with E-state index in [4.69, 9.17) is 14.9 Å². The summed E-state index contributed by atoms with van der Waals surface area (Å²) in [6.07, 6.45) is 0. The molecule has 0 fully saturated rings. The van der Waals surface area contributed by atoms with E-state index in [1.165, 1.54) is 11.3 Å². The number of anilines is 1. The zero-order chi connectivity index (χ0) is 21.8. The van der Waals surface area contributed by atoms with E-state index < -0.39 is 5.97 Å². The summed E-state index contributed by atoms with van der Waals surface area (Å²) in [5.74, 6) is -0.138. The van der Waals surface area contributed by atoms with Gasteiger partial charge in [-0.2, -0.15) is 0 Å². The monoisotopic (exact) mass is 455 g/mol. The highest BCUT2D eigenvalue weighted by Crippen LogP contribution is 2.35. The predicted molar refractivity (Wildman–Crippen MR) is 123 cm³/mol. The molecule has 160 valence electrons. The minimum absolute atomic E-state index is 0.108. The van der Waals surface area contributed by atoms with Gasteiger partial charge in [0.25, 0.3) is 0 Å². The number of esters is 1. The topological polar surface area (TPSA) is 95.7 Å². The van der Waals surface area contributed by atoms with Crippen molar-refractivity contribution < 1.29 is 19.4 Å². The first-order valence-electron chi connectivity index (χ1n) is 9.71. The number of carbonyl (C=O) groups excluding carboxylic acids is 1. The number of aromatic nitrogens is 1. The Balaban J connectivity index is 1.45. The zero-order valence-electron chi connectivity index (χ0n) is 16.8. The molecule has 4 rings (SSSR count). The number of thiazole rings is 1. The second-order valence-electron chi connectivity index (χ2n) is 6.65. The third-order valence-electron chi connectivity index (χ3n) is 4.67. The molecule has 0 radical (unpaired) electrons. The summed E-state index contributed by atoms with van der Waals surface area (Å²) in [5.41, 5.74) is 2.40. The van der Waals surface area contributed by atoms with Crippen LogP contribution in [0.2, 0.25) is 0 Å². The van der Waals surface area contributed by atoms with Crippen LogP contribution in [0.25, 0.3) is 16.1 Å². The van der Waals surface area contributed by atoms with Gasteiger partial charge in [0.15, 0.2) is 0 Å². The zero-order valence-corrected chi connectivity index (χ0v) is 18.5. The number of nitrogens with one attached hydrogen (secondary N) is 1. The average molecular weight is 456 g/mol. The summed E-state index contributed by atoms with van der Waals surface area (Å²) in [5, 5.41) is 23.7. The van der Waals surface area contributed by atoms with Gasteiger partial charge >= 0.3 is 5.97 Å². The van der Waals surface area contributed by atoms with Crippen LogP contribution in [-0.2, 0) is 9.47 Å². The second kappa shape index (κ2) is 9.42. The molecule has 0 saturated heterocycles. The molecule has 2 aromatic heterocycles. The molecule has 9 heteroatoms. The van der Waals surface area contributed by atoms with Crippen LogP contribution in [0, 0.1) is 5.41 Å². The molecule has 0 spiro atoms. The predicted octanol–water partition coefficient (Wildman–Crippen LogP) is 4.83. The number of thiophene rings is 1. The summed E-state index contributed by atoms with van der Waals surface area (Å²) in [7, 11) is 0. The van der Waals surface area contributed by atoms with Gasteiger partial charge in [0.1, 0.15) is 23.2 Å². The fraction of sp³-hybridized carbons (Fsp3) is 0.227. The Morgan fingerprint density at radius 3 is 2.74 bits per heavy atom. The molecule has 1 aromatic carbocycles. The molecule has 0 bridgehead atoms. The number of ether oxygens (including phenoxy) is 2. The molecule has 0 atom stereocenters. The lowest BCUT2D eigenvalue weighted by molar-refractivity contribution is 0.0335. The van der Waals surface area contributed by atoms with E-state index in [1.807, 2.05) is 29.8 Å². The van der Waals surface area contributed by atoms with Gasteiger partial charge in [-0.1, -0.05) is 6.07 Å². The third kappa shape index (κ3) is 4.53. The minimum atomic E-state index is -0.423. The lowest BCUT2D eigenvalue weighted by Crippen LogP contribution is -2.26. The summed E-state index contributed by atoms with van der Waals surface area (Å²) in [6.45, 7) is 3.21. The van der Waals surface area contributed by atoms with E-state index >= 15 is 0 Å². The van der Waals surface area contributed by atoms with E-state index in [2.05, 4.69) is 4.98 Å². The van der Waals surface area contributed by atoms with Crippen LogP contribution in [0.1, 0.15) is 22.3 Å². The van der Waals surface area contributed by atoms with Crippen molar-refractivity contribution in [3.8, 4) is 10.6 Å². The third-order valence-corrected chi connectivity index (χ3v) is 6.43. The first kappa shape index (κ1) is 21.2. The first-order valence-corrected chi connectivity index (χ1v) is 11.5. The lowest BCUT2D eigenvalue weighted by Gasteiger charge is -2.18. The van der Waals surface area contributed by atoms with Crippen molar-refractivity contribution in [2.45, 2.75) is 6.92 Å². The number of hydrogen-bond acceptors (Lipinski definition) is 8. The fourth-order valence-corrected chi connectivity index (χ4v) is 4.80. The molecule has 0 aliphatic carbocycles. The number of amidine groups is 1. The van der Waals surface area contributed by atoms with Crippen molar-refractivity contribution >= 4 is 45.7 Å². The van der Waals surface area contributed by atoms with Crippen LogP contribution >= 0.6 is 22.7 Å². The Labute approximate surface area is 187 Å². The van der Waals surface area contributed by atoms with Crippen LogP contribution in [0.4, 0.5) is 5.69 Å². The maximum Gasteiger partial charge on any atom is 0.338 e.